The fourth-order valence-electron chi connectivity index (χ4n) is 12.8. The molecular weight excluding hydrogens is 907 g/mol. The van der Waals surface area contributed by atoms with Gasteiger partial charge in [-0.25, -0.2) is 15.0 Å². The molecule has 0 unspecified atom stereocenters. The zero-order valence-corrected chi connectivity index (χ0v) is 39.4. The van der Waals surface area contributed by atoms with E-state index in [4.69, 9.17) is 28.2 Å². The fraction of sp³-hybridized carbons (Fsp3) is 0.0147. The van der Waals surface area contributed by atoms with Gasteiger partial charge in [0.1, 0.15) is 33.5 Å². The lowest BCUT2D eigenvalue weighted by molar-refractivity contribution is 0.666. The summed E-state index contributed by atoms with van der Waals surface area (Å²) in [6.45, 7) is 0. The highest BCUT2D eigenvalue weighted by molar-refractivity contribution is 6.16. The van der Waals surface area contributed by atoms with Gasteiger partial charge in [0.2, 0.25) is 0 Å². The van der Waals surface area contributed by atoms with Gasteiger partial charge in [-0.15, -0.1) is 0 Å². The first kappa shape index (κ1) is 39.8. The molecule has 0 bridgehead atoms. The van der Waals surface area contributed by atoms with Gasteiger partial charge in [0.05, 0.1) is 5.41 Å². The van der Waals surface area contributed by atoms with E-state index in [9.17, 15) is 0 Å². The van der Waals surface area contributed by atoms with Gasteiger partial charge in [-0.3, -0.25) is 0 Å². The molecule has 0 amide bonds. The minimum Gasteiger partial charge on any atom is -0.456 e. The molecule has 74 heavy (non-hydrogen) atoms. The van der Waals surface area contributed by atoms with E-state index in [1.807, 2.05) is 60.7 Å². The van der Waals surface area contributed by atoms with Crippen LogP contribution in [0.1, 0.15) is 22.3 Å². The maximum absolute atomic E-state index is 6.93. The first-order valence-electron chi connectivity index (χ1n) is 25.1. The Morgan fingerprint density at radius 2 is 0.851 bits per heavy atom. The van der Waals surface area contributed by atoms with Crippen molar-refractivity contribution in [2.75, 3.05) is 0 Å². The van der Waals surface area contributed by atoms with Crippen LogP contribution < -0.4 is 0 Å². The fourth-order valence-corrected chi connectivity index (χ4v) is 12.8. The van der Waals surface area contributed by atoms with Crippen molar-refractivity contribution >= 4 is 76.6 Å². The highest BCUT2D eigenvalue weighted by Crippen LogP contribution is 2.65. The monoisotopic (exact) mass is 943 g/mol. The minimum absolute atomic E-state index is 0.567. The molecule has 0 saturated heterocycles. The topological polar surface area (TPSA) is 78.1 Å². The van der Waals surface area contributed by atoms with Crippen molar-refractivity contribution in [2.24, 2.45) is 0 Å². The van der Waals surface area contributed by atoms with Crippen LogP contribution in [0, 0.1) is 0 Å². The molecule has 2 aliphatic rings. The second kappa shape index (κ2) is 14.6. The summed E-state index contributed by atoms with van der Waals surface area (Å²) in [5.41, 5.74) is 19.1. The van der Waals surface area contributed by atoms with E-state index in [-0.39, 0.29) is 0 Å². The maximum atomic E-state index is 6.93. The van der Waals surface area contributed by atoms with Gasteiger partial charge in [0.15, 0.2) is 17.5 Å². The van der Waals surface area contributed by atoms with Gasteiger partial charge in [-0.2, -0.15) is 0 Å². The summed E-state index contributed by atoms with van der Waals surface area (Å²) in [5, 5.41) is 8.65. The summed E-state index contributed by atoms with van der Waals surface area (Å²) in [7, 11) is 0. The minimum atomic E-state index is -0.644. The first-order chi connectivity index (χ1) is 36.6. The molecule has 6 heteroatoms. The molecular formula is C68H37N3O3. The lowest BCUT2D eigenvalue weighted by Gasteiger charge is -2.31. The van der Waals surface area contributed by atoms with E-state index in [1.54, 1.807) is 0 Å². The third-order valence-electron chi connectivity index (χ3n) is 15.9. The van der Waals surface area contributed by atoms with E-state index >= 15 is 0 Å². The number of hydrogen-bond acceptors (Lipinski definition) is 6. The Bertz CT molecular complexity index is 4880. The third-order valence-corrected chi connectivity index (χ3v) is 15.9. The van der Waals surface area contributed by atoms with Crippen LogP contribution in [0.25, 0.3) is 144 Å². The number of nitrogens with zero attached hydrogens (tertiary/aromatic N) is 3. The lowest BCUT2D eigenvalue weighted by Crippen LogP contribution is -2.26. The van der Waals surface area contributed by atoms with E-state index < -0.39 is 5.41 Å². The van der Waals surface area contributed by atoms with Crippen LogP contribution in [0.2, 0.25) is 0 Å². The SMILES string of the molecule is c1ccc(-c2nc(-c3ccc4c(c3)oc3ccccc34)nc(-c3cc(-c4ccc5oc6ccc7c(c6c5c4)C4(c5ccccc5-c5ccccc54)c4cc5oc6ccccc6c5cc4-7)cc4ccccc34)n2)cc1. The van der Waals surface area contributed by atoms with Crippen LogP contribution in [-0.2, 0) is 5.41 Å². The molecule has 0 atom stereocenters. The number of furan rings is 3. The molecule has 17 rings (SSSR count). The van der Waals surface area contributed by atoms with Crippen molar-refractivity contribution < 1.29 is 13.3 Å². The summed E-state index contributed by atoms with van der Waals surface area (Å²) < 4.78 is 20.0. The highest BCUT2D eigenvalue weighted by atomic mass is 16.3. The van der Waals surface area contributed by atoms with Gasteiger partial charge in [-0.05, 0) is 133 Å². The molecule has 2 aliphatic carbocycles. The average Bonchev–Trinajstić information content (AvgIpc) is 4.26. The van der Waals surface area contributed by atoms with Crippen LogP contribution in [0.5, 0.6) is 0 Å². The van der Waals surface area contributed by atoms with E-state index in [0.717, 1.165) is 104 Å². The summed E-state index contributed by atoms with van der Waals surface area (Å²) in [5.74, 6) is 1.74. The van der Waals surface area contributed by atoms with Crippen LogP contribution >= 0.6 is 0 Å². The Kier molecular flexibility index (Phi) is 7.84. The molecule has 0 aliphatic heterocycles. The number of rotatable bonds is 4. The Labute approximate surface area is 422 Å². The summed E-state index contributed by atoms with van der Waals surface area (Å²) in [6, 6.07) is 79.6. The molecule has 342 valence electrons. The van der Waals surface area contributed by atoms with Gasteiger partial charge in [0.25, 0.3) is 0 Å². The molecule has 0 fully saturated rings. The predicted octanol–water partition coefficient (Wildman–Crippen LogP) is 17.7. The van der Waals surface area contributed by atoms with Crippen LogP contribution in [-0.4, -0.2) is 15.0 Å². The largest absolute Gasteiger partial charge is 0.456 e. The maximum Gasteiger partial charge on any atom is 0.164 e. The van der Waals surface area contributed by atoms with Crippen molar-refractivity contribution in [3.63, 3.8) is 0 Å². The van der Waals surface area contributed by atoms with Crippen molar-refractivity contribution in [1.82, 2.24) is 15.0 Å². The van der Waals surface area contributed by atoms with E-state index in [2.05, 4.69) is 164 Å². The Balaban J connectivity index is 0.900. The van der Waals surface area contributed by atoms with E-state index in [1.165, 1.54) is 44.5 Å². The third kappa shape index (κ3) is 5.35. The highest BCUT2D eigenvalue weighted by Gasteiger charge is 2.53. The van der Waals surface area contributed by atoms with Crippen LogP contribution in [0.3, 0.4) is 0 Å². The first-order valence-corrected chi connectivity index (χ1v) is 25.1. The summed E-state index contributed by atoms with van der Waals surface area (Å²) in [6.07, 6.45) is 0. The predicted molar refractivity (Wildman–Crippen MR) is 297 cm³/mol. The number of hydrogen-bond donors (Lipinski definition) is 0. The molecule has 4 aromatic heterocycles. The number of aromatic nitrogens is 3. The van der Waals surface area contributed by atoms with Crippen molar-refractivity contribution in [2.45, 2.75) is 5.41 Å². The quantitative estimate of drug-likeness (QED) is 0.175. The van der Waals surface area contributed by atoms with Gasteiger partial charge in [0, 0.05) is 49.0 Å². The Morgan fingerprint density at radius 1 is 0.270 bits per heavy atom. The van der Waals surface area contributed by atoms with Gasteiger partial charge < -0.3 is 13.3 Å². The Morgan fingerprint density at radius 3 is 1.64 bits per heavy atom. The summed E-state index contributed by atoms with van der Waals surface area (Å²) in [4.78, 5) is 15.7. The molecule has 1 spiro atoms. The van der Waals surface area contributed by atoms with Crippen molar-refractivity contribution in [3.8, 4) is 67.5 Å². The van der Waals surface area contributed by atoms with Crippen LogP contribution in [0.15, 0.2) is 238 Å². The van der Waals surface area contributed by atoms with Gasteiger partial charge in [-0.1, -0.05) is 158 Å². The van der Waals surface area contributed by atoms with E-state index in [0.29, 0.717) is 17.5 Å². The lowest BCUT2D eigenvalue weighted by atomic mass is 9.69. The Hall–Kier alpha value is -9.91. The normalized spacial score (nSPS) is 13.2. The zero-order chi connectivity index (χ0) is 48.2. The number of fused-ring (bicyclic) bond motifs is 21. The van der Waals surface area contributed by atoms with Crippen LogP contribution in [0.4, 0.5) is 0 Å². The number of benzene rings is 11. The summed E-state index contributed by atoms with van der Waals surface area (Å²) >= 11 is 0. The zero-order valence-electron chi connectivity index (χ0n) is 39.4. The standard InChI is InChI=1S/C68H37N3O3/c1-2-14-38(15-3-1)65-69-66(41-26-28-48-46-20-8-12-24-57(46)73-61(48)35-41)71-67(70-65)52-34-42(32-40-16-4-5-17-43(40)52)39-27-30-59-53(33-39)63-60(72-59)31-29-49-50-36-51-47-21-9-13-25-58(47)74-62(51)37-56(50)68(64(49)63)54-22-10-6-18-44(54)45-19-7-11-23-55(45)68/h1-37H. The molecule has 15 aromatic rings. The second-order valence-electron chi connectivity index (χ2n) is 19.7. The molecule has 0 N–H and O–H groups in total. The molecule has 0 saturated carbocycles. The number of para-hydroxylation sites is 2. The van der Waals surface area contributed by atoms with Gasteiger partial charge >= 0.3 is 0 Å². The average molecular weight is 944 g/mol. The molecule has 4 heterocycles. The van der Waals surface area contributed by atoms with Crippen molar-refractivity contribution in [3.05, 3.63) is 247 Å². The molecule has 0 radical (unpaired) electrons. The smallest absolute Gasteiger partial charge is 0.164 e. The van der Waals surface area contributed by atoms with Crippen molar-refractivity contribution in [1.29, 1.82) is 0 Å². The molecule has 11 aromatic carbocycles. The second-order valence-corrected chi connectivity index (χ2v) is 19.7. The molecule has 6 nitrogen and oxygen atoms in total.